The molecule has 0 amide bonds. The maximum absolute atomic E-state index is 14.0. The van der Waals surface area contributed by atoms with Crippen molar-refractivity contribution in [2.75, 3.05) is 7.11 Å². The second-order valence-electron chi connectivity index (χ2n) is 7.84. The van der Waals surface area contributed by atoms with Crippen molar-refractivity contribution >= 4 is 34.4 Å². The first kappa shape index (κ1) is 22.0. The summed E-state index contributed by atoms with van der Waals surface area (Å²) in [6, 6.07) is 15.3. The zero-order valence-electron chi connectivity index (χ0n) is 18.6. The minimum absolute atomic E-state index is 0.0424. The molecule has 1 aliphatic heterocycles. The highest BCUT2D eigenvalue weighted by atomic mass is 35.5. The third kappa shape index (κ3) is 3.90. The number of nitrogens with zero attached hydrogens (tertiary/aromatic N) is 1. The molecular weight excluding hydrogens is 457 g/mol. The Balaban J connectivity index is 1.42. The number of hydrogen-bond donors (Lipinski definition) is 0. The standard InChI is InChI=1S/C27H21ClFNO4/c1-3-30-14-16(20-12-17(32-2)8-10-24(20)30)11-26-27(31)19-9-7-18(13-25(19)34-26)33-15-21-22(28)5-4-6-23(21)29/h4-14H,3,15H2,1-2H3. The van der Waals surface area contributed by atoms with E-state index in [4.69, 9.17) is 25.8 Å². The number of rotatable bonds is 6. The quantitative estimate of drug-likeness (QED) is 0.291. The third-order valence-electron chi connectivity index (χ3n) is 5.83. The largest absolute Gasteiger partial charge is 0.497 e. The minimum atomic E-state index is -0.437. The van der Waals surface area contributed by atoms with Gasteiger partial charge in [0.05, 0.1) is 17.7 Å². The number of halogens is 2. The van der Waals surface area contributed by atoms with Crippen molar-refractivity contribution in [3.8, 4) is 17.2 Å². The monoisotopic (exact) mass is 477 g/mol. The summed E-state index contributed by atoms with van der Waals surface area (Å²) >= 11 is 6.07. The van der Waals surface area contributed by atoms with Crippen LogP contribution in [0.2, 0.25) is 5.02 Å². The van der Waals surface area contributed by atoms with Crippen LogP contribution in [-0.2, 0) is 13.2 Å². The van der Waals surface area contributed by atoms with Crippen molar-refractivity contribution in [2.45, 2.75) is 20.1 Å². The molecule has 1 aliphatic rings. The van der Waals surface area contributed by atoms with Gasteiger partial charge in [0.15, 0.2) is 5.76 Å². The van der Waals surface area contributed by atoms with Gasteiger partial charge in [-0.25, -0.2) is 4.39 Å². The van der Waals surface area contributed by atoms with E-state index in [1.54, 1.807) is 37.5 Å². The van der Waals surface area contributed by atoms with E-state index in [0.717, 1.165) is 28.8 Å². The van der Waals surface area contributed by atoms with Crippen molar-refractivity contribution in [3.05, 3.63) is 94.1 Å². The molecule has 0 saturated heterocycles. The number of benzene rings is 3. The van der Waals surface area contributed by atoms with Gasteiger partial charge >= 0.3 is 0 Å². The smallest absolute Gasteiger partial charge is 0.231 e. The van der Waals surface area contributed by atoms with Crippen LogP contribution in [0.15, 0.2) is 66.6 Å². The molecule has 0 aliphatic carbocycles. The number of Topliss-reactive ketones (excluding diaryl/α,β-unsaturated/α-hetero) is 1. The summed E-state index contributed by atoms with van der Waals surface area (Å²) in [5.41, 5.74) is 2.61. The first-order valence-electron chi connectivity index (χ1n) is 10.8. The van der Waals surface area contributed by atoms with E-state index in [0.29, 0.717) is 22.1 Å². The van der Waals surface area contributed by atoms with Gasteiger partial charge in [0.25, 0.3) is 0 Å². The van der Waals surface area contributed by atoms with Crippen LogP contribution >= 0.6 is 11.6 Å². The van der Waals surface area contributed by atoms with Crippen LogP contribution < -0.4 is 14.2 Å². The molecule has 0 fully saturated rings. The second kappa shape index (κ2) is 8.88. The fourth-order valence-electron chi connectivity index (χ4n) is 4.03. The normalized spacial score (nSPS) is 13.9. The number of aromatic nitrogens is 1. The molecule has 0 radical (unpaired) electrons. The average molecular weight is 478 g/mol. The van der Waals surface area contributed by atoms with Gasteiger partial charge in [-0.05, 0) is 55.5 Å². The number of carbonyl (C=O) groups is 1. The molecular formula is C27H21ClFNO4. The van der Waals surface area contributed by atoms with Crippen LogP contribution in [0, 0.1) is 5.82 Å². The summed E-state index contributed by atoms with van der Waals surface area (Å²) in [7, 11) is 1.62. The Morgan fingerprint density at radius 3 is 2.71 bits per heavy atom. The van der Waals surface area contributed by atoms with E-state index in [1.807, 2.05) is 24.4 Å². The van der Waals surface area contributed by atoms with Crippen molar-refractivity contribution in [2.24, 2.45) is 0 Å². The fourth-order valence-corrected chi connectivity index (χ4v) is 4.25. The summed E-state index contributed by atoms with van der Waals surface area (Å²) < 4.78 is 33.1. The van der Waals surface area contributed by atoms with Gasteiger partial charge in [-0.2, -0.15) is 0 Å². The van der Waals surface area contributed by atoms with Crippen LogP contribution in [0.3, 0.4) is 0 Å². The number of hydrogen-bond acceptors (Lipinski definition) is 4. The molecule has 2 heterocycles. The summed E-state index contributed by atoms with van der Waals surface area (Å²) in [4.78, 5) is 13.0. The van der Waals surface area contributed by atoms with Gasteiger partial charge in [0, 0.05) is 40.8 Å². The second-order valence-corrected chi connectivity index (χ2v) is 8.25. The Morgan fingerprint density at radius 2 is 1.94 bits per heavy atom. The summed E-state index contributed by atoms with van der Waals surface area (Å²) in [5, 5.41) is 1.26. The van der Waals surface area contributed by atoms with Crippen LogP contribution in [0.25, 0.3) is 17.0 Å². The molecule has 3 aromatic carbocycles. The number of methoxy groups -OCH3 is 1. The fraction of sp³-hybridized carbons (Fsp3) is 0.148. The number of ketones is 1. The van der Waals surface area contributed by atoms with Crippen molar-refractivity contribution in [3.63, 3.8) is 0 Å². The molecule has 0 bridgehead atoms. The van der Waals surface area contributed by atoms with E-state index in [9.17, 15) is 9.18 Å². The van der Waals surface area contributed by atoms with Crippen LogP contribution in [0.5, 0.6) is 17.2 Å². The molecule has 5 rings (SSSR count). The molecule has 0 atom stereocenters. The van der Waals surface area contributed by atoms with E-state index in [-0.39, 0.29) is 23.7 Å². The van der Waals surface area contributed by atoms with Crippen molar-refractivity contribution in [1.29, 1.82) is 0 Å². The lowest BCUT2D eigenvalue weighted by atomic mass is 10.1. The molecule has 1 aromatic heterocycles. The molecule has 4 aromatic rings. The molecule has 34 heavy (non-hydrogen) atoms. The topological polar surface area (TPSA) is 49.7 Å². The van der Waals surface area contributed by atoms with Gasteiger partial charge in [-0.15, -0.1) is 0 Å². The number of aryl methyl sites for hydroxylation is 1. The highest BCUT2D eigenvalue weighted by molar-refractivity contribution is 6.31. The Kier molecular flexibility index (Phi) is 5.75. The minimum Gasteiger partial charge on any atom is -0.497 e. The zero-order chi connectivity index (χ0) is 23.8. The van der Waals surface area contributed by atoms with Gasteiger partial charge in [0.2, 0.25) is 5.78 Å². The lowest BCUT2D eigenvalue weighted by Crippen LogP contribution is -1.99. The lowest BCUT2D eigenvalue weighted by molar-refractivity contribution is 0.101. The van der Waals surface area contributed by atoms with E-state index < -0.39 is 5.82 Å². The Hall–Kier alpha value is -3.77. The third-order valence-corrected chi connectivity index (χ3v) is 6.19. The SMILES string of the molecule is CCn1cc(C=C2Oc3cc(OCc4c(F)cccc4Cl)ccc3C2=O)c2cc(OC)ccc21. The summed E-state index contributed by atoms with van der Waals surface area (Å²) in [5.74, 6) is 1.15. The van der Waals surface area contributed by atoms with Crippen LogP contribution in [0.4, 0.5) is 4.39 Å². The summed E-state index contributed by atoms with van der Waals surface area (Å²) in [6.45, 7) is 2.80. The van der Waals surface area contributed by atoms with Gasteiger partial charge in [-0.1, -0.05) is 17.7 Å². The molecule has 0 unspecified atom stereocenters. The number of fused-ring (bicyclic) bond motifs is 2. The zero-order valence-corrected chi connectivity index (χ0v) is 19.4. The average Bonchev–Trinajstić information content (AvgIpc) is 3.35. The van der Waals surface area contributed by atoms with Crippen LogP contribution in [-0.4, -0.2) is 17.5 Å². The lowest BCUT2D eigenvalue weighted by Gasteiger charge is -2.09. The number of carbonyl (C=O) groups excluding carboxylic acids is 1. The van der Waals surface area contributed by atoms with Gasteiger partial charge < -0.3 is 18.8 Å². The van der Waals surface area contributed by atoms with Crippen LogP contribution in [0.1, 0.15) is 28.4 Å². The Morgan fingerprint density at radius 1 is 1.12 bits per heavy atom. The number of ether oxygens (including phenoxy) is 3. The van der Waals surface area contributed by atoms with Gasteiger partial charge in [-0.3, -0.25) is 4.79 Å². The highest BCUT2D eigenvalue weighted by Crippen LogP contribution is 2.36. The van der Waals surface area contributed by atoms with E-state index in [1.165, 1.54) is 12.1 Å². The maximum Gasteiger partial charge on any atom is 0.231 e. The Bertz CT molecular complexity index is 1440. The molecule has 0 N–H and O–H groups in total. The maximum atomic E-state index is 14.0. The predicted octanol–water partition coefficient (Wildman–Crippen LogP) is 6.66. The van der Waals surface area contributed by atoms with E-state index in [2.05, 4.69) is 11.5 Å². The van der Waals surface area contributed by atoms with Crippen molar-refractivity contribution in [1.82, 2.24) is 4.57 Å². The molecule has 0 saturated carbocycles. The highest BCUT2D eigenvalue weighted by Gasteiger charge is 2.28. The number of allylic oxidation sites excluding steroid dienone is 1. The first-order chi connectivity index (χ1) is 16.5. The summed E-state index contributed by atoms with van der Waals surface area (Å²) in [6.07, 6.45) is 3.74. The molecule has 172 valence electrons. The van der Waals surface area contributed by atoms with Crippen molar-refractivity contribution < 1.29 is 23.4 Å². The molecule has 7 heteroatoms. The first-order valence-corrected chi connectivity index (χ1v) is 11.2. The molecule has 5 nitrogen and oxygen atoms in total. The Labute approximate surface area is 200 Å². The predicted molar refractivity (Wildman–Crippen MR) is 129 cm³/mol. The van der Waals surface area contributed by atoms with Gasteiger partial charge in [0.1, 0.15) is 29.7 Å². The molecule has 0 spiro atoms. The van der Waals surface area contributed by atoms with E-state index >= 15 is 0 Å².